The van der Waals surface area contributed by atoms with Crippen LogP contribution in [0.15, 0.2) is 0 Å². The molecule has 5 saturated carbocycles. The Balaban J connectivity index is 1.47. The largest absolute Gasteiger partial charge is 0.381 e. The zero-order valence-electron chi connectivity index (χ0n) is 17.7. The van der Waals surface area contributed by atoms with Crippen LogP contribution in [0.5, 0.6) is 0 Å². The van der Waals surface area contributed by atoms with Gasteiger partial charge < -0.3 is 9.84 Å². The van der Waals surface area contributed by atoms with E-state index in [1.807, 2.05) is 7.11 Å². The third kappa shape index (κ3) is 2.06. The molecular weight excluding hydrogens is 332 g/mol. The molecular formula is C25H38O2. The quantitative estimate of drug-likeness (QED) is 0.716. The summed E-state index contributed by atoms with van der Waals surface area (Å²) in [5, 5.41) is 10.4. The van der Waals surface area contributed by atoms with E-state index in [2.05, 4.69) is 26.7 Å². The van der Waals surface area contributed by atoms with Gasteiger partial charge in [0.1, 0.15) is 6.10 Å². The Morgan fingerprint density at radius 3 is 2.56 bits per heavy atom. The standard InChI is InChI=1S/C25H38O2/c1-6-21(26)15(2)18-7-8-19-17-13-22(27-5)25-14-16(25)9-12-24(25,4)20(17)10-11-23(18,19)3/h1,15-22,26H,7-14H2,2-5H3/t15-,16-,17-,18+,19-,20-,21+,22+,23+,24+,25+/m0/s1. The van der Waals surface area contributed by atoms with Crippen LogP contribution in [0.25, 0.3) is 0 Å². The highest BCUT2D eigenvalue weighted by atomic mass is 16.5. The number of ether oxygens (including phenoxy) is 1. The van der Waals surface area contributed by atoms with Crippen LogP contribution in [-0.2, 0) is 4.74 Å². The van der Waals surface area contributed by atoms with Crippen LogP contribution in [0.3, 0.4) is 0 Å². The summed E-state index contributed by atoms with van der Waals surface area (Å²) in [6.07, 6.45) is 16.3. The number of aliphatic hydroxyl groups is 1. The first-order valence-corrected chi connectivity index (χ1v) is 11.5. The molecule has 1 spiro atoms. The number of hydrogen-bond acceptors (Lipinski definition) is 2. The smallest absolute Gasteiger partial charge is 0.117 e. The molecule has 150 valence electrons. The Labute approximate surface area is 165 Å². The summed E-state index contributed by atoms with van der Waals surface area (Å²) in [5.41, 5.74) is 1.37. The number of rotatable bonds is 3. The van der Waals surface area contributed by atoms with Crippen molar-refractivity contribution in [1.29, 1.82) is 0 Å². The summed E-state index contributed by atoms with van der Waals surface area (Å²) < 4.78 is 6.21. The van der Waals surface area contributed by atoms with Gasteiger partial charge in [-0.05, 0) is 97.7 Å². The van der Waals surface area contributed by atoms with E-state index >= 15 is 0 Å². The highest BCUT2D eigenvalue weighted by Crippen LogP contribution is 2.82. The molecule has 0 aromatic carbocycles. The minimum atomic E-state index is -0.593. The van der Waals surface area contributed by atoms with E-state index in [1.165, 1.54) is 51.4 Å². The van der Waals surface area contributed by atoms with E-state index in [4.69, 9.17) is 11.2 Å². The van der Waals surface area contributed by atoms with Crippen LogP contribution in [0.4, 0.5) is 0 Å². The maximum absolute atomic E-state index is 10.4. The highest BCUT2D eigenvalue weighted by Gasteiger charge is 2.77. The predicted octanol–water partition coefficient (Wildman–Crippen LogP) is 4.90. The van der Waals surface area contributed by atoms with Crippen molar-refractivity contribution in [3.8, 4) is 12.3 Å². The summed E-state index contributed by atoms with van der Waals surface area (Å²) in [6, 6.07) is 0. The molecule has 0 bridgehead atoms. The summed E-state index contributed by atoms with van der Waals surface area (Å²) >= 11 is 0. The molecule has 5 aliphatic rings. The molecule has 2 heteroatoms. The number of methoxy groups -OCH3 is 1. The zero-order chi connectivity index (χ0) is 19.2. The maximum atomic E-state index is 10.4. The molecule has 0 aromatic heterocycles. The average molecular weight is 371 g/mol. The molecule has 0 aromatic rings. The second-order valence-electron chi connectivity index (χ2n) is 11.4. The van der Waals surface area contributed by atoms with E-state index < -0.39 is 6.10 Å². The maximum Gasteiger partial charge on any atom is 0.117 e. The van der Waals surface area contributed by atoms with Gasteiger partial charge in [0, 0.05) is 12.5 Å². The summed E-state index contributed by atoms with van der Waals surface area (Å²) in [6.45, 7) is 7.37. The Bertz CT molecular complexity index is 666. The lowest BCUT2D eigenvalue weighted by Gasteiger charge is -2.61. The van der Waals surface area contributed by atoms with Gasteiger partial charge in [0.05, 0.1) is 6.10 Å². The summed E-state index contributed by atoms with van der Waals surface area (Å²) in [4.78, 5) is 0. The van der Waals surface area contributed by atoms with Crippen LogP contribution in [-0.4, -0.2) is 24.4 Å². The van der Waals surface area contributed by atoms with E-state index in [9.17, 15) is 5.11 Å². The van der Waals surface area contributed by atoms with Crippen LogP contribution < -0.4 is 0 Å². The Kier molecular flexibility index (Phi) is 3.95. The van der Waals surface area contributed by atoms with Gasteiger partial charge in [-0.15, -0.1) is 6.42 Å². The minimum absolute atomic E-state index is 0.213. The normalized spacial score (nSPS) is 57.6. The van der Waals surface area contributed by atoms with Crippen molar-refractivity contribution in [2.45, 2.75) is 84.3 Å². The second kappa shape index (κ2) is 5.76. The lowest BCUT2D eigenvalue weighted by molar-refractivity contribution is -0.162. The SMILES string of the molecule is C#C[C@@H](O)[C@@H](C)[C@H]1CC[C@H]2[C@@H]3C[C@@H](OC)[C@@]45C[C@@H]4CC[C@]5(C)[C@H]3CC[C@]12C. The van der Waals surface area contributed by atoms with E-state index in [0.29, 0.717) is 28.3 Å². The molecule has 27 heavy (non-hydrogen) atoms. The van der Waals surface area contributed by atoms with Gasteiger partial charge >= 0.3 is 0 Å². The molecule has 5 fully saturated rings. The van der Waals surface area contributed by atoms with Crippen molar-refractivity contribution < 1.29 is 9.84 Å². The topological polar surface area (TPSA) is 29.5 Å². The summed E-state index contributed by atoms with van der Waals surface area (Å²) in [7, 11) is 1.97. The fourth-order valence-electron chi connectivity index (χ4n) is 9.85. The molecule has 0 saturated heterocycles. The third-order valence-corrected chi connectivity index (χ3v) is 11.2. The first kappa shape index (κ1) is 18.5. The Morgan fingerprint density at radius 2 is 1.89 bits per heavy atom. The molecule has 0 heterocycles. The van der Waals surface area contributed by atoms with Gasteiger partial charge in [0.25, 0.3) is 0 Å². The van der Waals surface area contributed by atoms with Crippen LogP contribution in [0.1, 0.15) is 72.1 Å². The highest BCUT2D eigenvalue weighted by molar-refractivity contribution is 5.26. The number of aliphatic hydroxyl groups excluding tert-OH is 1. The monoisotopic (exact) mass is 370 g/mol. The molecule has 0 radical (unpaired) electrons. The number of terminal acetylenes is 1. The number of fused-ring (bicyclic) bond motifs is 4. The number of hydrogen-bond donors (Lipinski definition) is 1. The Hall–Kier alpha value is -0.520. The van der Waals surface area contributed by atoms with Crippen LogP contribution in [0.2, 0.25) is 0 Å². The second-order valence-corrected chi connectivity index (χ2v) is 11.4. The molecule has 0 aliphatic heterocycles. The van der Waals surface area contributed by atoms with Crippen molar-refractivity contribution >= 4 is 0 Å². The average Bonchev–Trinajstić information content (AvgIpc) is 3.17. The van der Waals surface area contributed by atoms with Gasteiger partial charge in [-0.25, -0.2) is 0 Å². The first-order valence-electron chi connectivity index (χ1n) is 11.5. The predicted molar refractivity (Wildman–Crippen MR) is 108 cm³/mol. The molecule has 5 rings (SSSR count). The molecule has 11 atom stereocenters. The zero-order valence-corrected chi connectivity index (χ0v) is 17.7. The fraction of sp³-hybridized carbons (Fsp3) is 0.920. The van der Waals surface area contributed by atoms with Gasteiger partial charge in [-0.3, -0.25) is 0 Å². The van der Waals surface area contributed by atoms with Crippen molar-refractivity contribution in [2.24, 2.45) is 51.8 Å². The third-order valence-electron chi connectivity index (χ3n) is 11.2. The van der Waals surface area contributed by atoms with Crippen molar-refractivity contribution in [3.05, 3.63) is 0 Å². The van der Waals surface area contributed by atoms with Crippen molar-refractivity contribution in [1.82, 2.24) is 0 Å². The van der Waals surface area contributed by atoms with E-state index in [0.717, 1.165) is 23.7 Å². The van der Waals surface area contributed by atoms with Gasteiger partial charge in [0.15, 0.2) is 0 Å². The lowest BCUT2D eigenvalue weighted by atomic mass is 9.45. The summed E-state index contributed by atoms with van der Waals surface area (Å²) in [5.74, 6) is 6.82. The minimum Gasteiger partial charge on any atom is -0.381 e. The van der Waals surface area contributed by atoms with Crippen LogP contribution in [0, 0.1) is 64.1 Å². The van der Waals surface area contributed by atoms with Crippen LogP contribution >= 0.6 is 0 Å². The molecule has 1 N–H and O–H groups in total. The molecule has 2 nitrogen and oxygen atoms in total. The lowest BCUT2D eigenvalue weighted by Crippen LogP contribution is -2.57. The van der Waals surface area contributed by atoms with Gasteiger partial charge in [-0.1, -0.05) is 26.7 Å². The fourth-order valence-corrected chi connectivity index (χ4v) is 9.85. The van der Waals surface area contributed by atoms with E-state index in [-0.39, 0.29) is 5.92 Å². The van der Waals surface area contributed by atoms with E-state index in [1.54, 1.807) is 0 Å². The first-order chi connectivity index (χ1) is 12.8. The molecule has 5 aliphatic carbocycles. The van der Waals surface area contributed by atoms with Crippen molar-refractivity contribution in [2.75, 3.05) is 7.11 Å². The molecule has 0 unspecified atom stereocenters. The van der Waals surface area contributed by atoms with Crippen molar-refractivity contribution in [3.63, 3.8) is 0 Å². The molecule has 0 amide bonds. The van der Waals surface area contributed by atoms with Gasteiger partial charge in [0.2, 0.25) is 0 Å². The van der Waals surface area contributed by atoms with Gasteiger partial charge in [-0.2, -0.15) is 0 Å². The Morgan fingerprint density at radius 1 is 1.11 bits per heavy atom.